The van der Waals surface area contributed by atoms with Gasteiger partial charge < -0.3 is 4.42 Å². The molecule has 0 radical (unpaired) electrons. The van der Waals surface area contributed by atoms with Gasteiger partial charge in [0.15, 0.2) is 24.5 Å². The van der Waals surface area contributed by atoms with Crippen molar-refractivity contribution in [3.05, 3.63) is 83.4 Å². The SMILES string of the molecule is Fc1cccc(C[n+]2ccc(-c3nc4cc(Cl)ccc4o3)cc2)c1. The third-order valence-corrected chi connectivity index (χ3v) is 3.98. The van der Waals surface area contributed by atoms with E-state index in [1.54, 1.807) is 24.3 Å². The monoisotopic (exact) mass is 339 g/mol. The molecule has 0 unspecified atom stereocenters. The number of oxazole rings is 1. The van der Waals surface area contributed by atoms with Crippen molar-refractivity contribution in [1.82, 2.24) is 4.98 Å². The van der Waals surface area contributed by atoms with Gasteiger partial charge in [0.2, 0.25) is 5.89 Å². The van der Waals surface area contributed by atoms with Crippen LogP contribution in [0.5, 0.6) is 0 Å². The highest BCUT2D eigenvalue weighted by molar-refractivity contribution is 6.31. The minimum absolute atomic E-state index is 0.227. The number of rotatable bonds is 3. The van der Waals surface area contributed by atoms with E-state index in [2.05, 4.69) is 4.98 Å². The molecule has 0 atom stereocenters. The van der Waals surface area contributed by atoms with E-state index in [1.807, 2.05) is 35.2 Å². The maximum atomic E-state index is 13.2. The Bertz CT molecular complexity index is 1010. The molecule has 0 fully saturated rings. The molecule has 2 aromatic carbocycles. The molecule has 0 N–H and O–H groups in total. The Labute approximate surface area is 143 Å². The number of fused-ring (bicyclic) bond motifs is 1. The lowest BCUT2D eigenvalue weighted by atomic mass is 10.2. The van der Waals surface area contributed by atoms with E-state index in [0.29, 0.717) is 23.0 Å². The van der Waals surface area contributed by atoms with E-state index in [0.717, 1.165) is 16.6 Å². The minimum Gasteiger partial charge on any atom is -0.436 e. The predicted octanol–water partition coefficient (Wildman–Crippen LogP) is 4.62. The zero-order valence-electron chi connectivity index (χ0n) is 12.6. The topological polar surface area (TPSA) is 29.9 Å². The Balaban J connectivity index is 1.60. The van der Waals surface area contributed by atoms with Gasteiger partial charge >= 0.3 is 0 Å². The van der Waals surface area contributed by atoms with Crippen molar-refractivity contribution in [1.29, 1.82) is 0 Å². The Morgan fingerprint density at radius 1 is 1.04 bits per heavy atom. The lowest BCUT2D eigenvalue weighted by Gasteiger charge is -1.99. The maximum Gasteiger partial charge on any atom is 0.227 e. The van der Waals surface area contributed by atoms with Crippen molar-refractivity contribution in [3.8, 4) is 11.5 Å². The molecule has 0 saturated carbocycles. The molecule has 0 aliphatic carbocycles. The molecule has 0 amide bonds. The molecular formula is C19H13ClFN2O+. The predicted molar refractivity (Wildman–Crippen MR) is 90.2 cm³/mol. The van der Waals surface area contributed by atoms with E-state index in [1.165, 1.54) is 12.1 Å². The van der Waals surface area contributed by atoms with Gasteiger partial charge in [-0.15, -0.1) is 0 Å². The zero-order chi connectivity index (χ0) is 16.5. The van der Waals surface area contributed by atoms with Crippen LogP contribution in [0, 0.1) is 5.82 Å². The van der Waals surface area contributed by atoms with Crippen molar-refractivity contribution >= 4 is 22.7 Å². The third kappa shape index (κ3) is 3.01. The van der Waals surface area contributed by atoms with Crippen molar-refractivity contribution in [2.45, 2.75) is 6.54 Å². The maximum absolute atomic E-state index is 13.2. The molecule has 0 spiro atoms. The van der Waals surface area contributed by atoms with E-state index < -0.39 is 0 Å². The normalized spacial score (nSPS) is 11.1. The second kappa shape index (κ2) is 6.06. The molecule has 2 heterocycles. The third-order valence-electron chi connectivity index (χ3n) is 3.74. The van der Waals surface area contributed by atoms with Crippen molar-refractivity contribution < 1.29 is 13.4 Å². The summed E-state index contributed by atoms with van der Waals surface area (Å²) in [6.07, 6.45) is 3.84. The first-order valence-corrected chi connectivity index (χ1v) is 7.85. The van der Waals surface area contributed by atoms with E-state index >= 15 is 0 Å². The molecule has 5 heteroatoms. The number of hydrogen-bond donors (Lipinski definition) is 0. The summed E-state index contributed by atoms with van der Waals surface area (Å²) in [4.78, 5) is 4.46. The van der Waals surface area contributed by atoms with Gasteiger partial charge in [0.1, 0.15) is 11.3 Å². The fraction of sp³-hybridized carbons (Fsp3) is 0.0526. The van der Waals surface area contributed by atoms with Crippen molar-refractivity contribution in [2.75, 3.05) is 0 Å². The number of halogens is 2. The van der Waals surface area contributed by atoms with Crippen LogP contribution >= 0.6 is 11.6 Å². The summed E-state index contributed by atoms with van der Waals surface area (Å²) in [7, 11) is 0. The van der Waals surface area contributed by atoms with Crippen LogP contribution in [-0.2, 0) is 6.54 Å². The van der Waals surface area contributed by atoms with Crippen molar-refractivity contribution in [3.63, 3.8) is 0 Å². The van der Waals surface area contributed by atoms with Crippen LogP contribution in [0.4, 0.5) is 4.39 Å². The summed E-state index contributed by atoms with van der Waals surface area (Å²) in [5.74, 6) is 0.319. The van der Waals surface area contributed by atoms with Gasteiger partial charge in [0, 0.05) is 28.3 Å². The van der Waals surface area contributed by atoms with Crippen LogP contribution < -0.4 is 4.57 Å². The van der Waals surface area contributed by atoms with E-state index in [-0.39, 0.29) is 5.82 Å². The molecule has 24 heavy (non-hydrogen) atoms. The highest BCUT2D eigenvalue weighted by Gasteiger charge is 2.11. The summed E-state index contributed by atoms with van der Waals surface area (Å²) >= 11 is 5.97. The quantitative estimate of drug-likeness (QED) is 0.510. The Morgan fingerprint density at radius 3 is 2.67 bits per heavy atom. The lowest BCUT2D eigenvalue weighted by molar-refractivity contribution is -0.688. The van der Waals surface area contributed by atoms with Gasteiger partial charge in [-0.25, -0.2) is 13.9 Å². The second-order valence-corrected chi connectivity index (χ2v) is 5.96. The molecule has 2 aromatic heterocycles. The zero-order valence-corrected chi connectivity index (χ0v) is 13.4. The summed E-state index contributed by atoms with van der Waals surface area (Å²) in [5, 5.41) is 0.628. The van der Waals surface area contributed by atoms with Crippen LogP contribution in [0.3, 0.4) is 0 Å². The molecule has 0 saturated heterocycles. The van der Waals surface area contributed by atoms with Crippen LogP contribution in [0.15, 0.2) is 71.4 Å². The molecule has 3 nitrogen and oxygen atoms in total. The van der Waals surface area contributed by atoms with Gasteiger partial charge in [-0.05, 0) is 30.3 Å². The summed E-state index contributed by atoms with van der Waals surface area (Å²) in [5.41, 5.74) is 3.21. The lowest BCUT2D eigenvalue weighted by Crippen LogP contribution is -2.33. The first-order chi connectivity index (χ1) is 11.7. The highest BCUT2D eigenvalue weighted by atomic mass is 35.5. The molecular weight excluding hydrogens is 327 g/mol. The number of aromatic nitrogens is 2. The average Bonchev–Trinajstić information content (AvgIpc) is 2.98. The molecule has 4 rings (SSSR count). The largest absolute Gasteiger partial charge is 0.436 e. The summed E-state index contributed by atoms with van der Waals surface area (Å²) in [6, 6.07) is 15.8. The van der Waals surface area contributed by atoms with Gasteiger partial charge in [-0.2, -0.15) is 0 Å². The van der Waals surface area contributed by atoms with Crippen LogP contribution in [0.25, 0.3) is 22.6 Å². The minimum atomic E-state index is -0.227. The van der Waals surface area contributed by atoms with Gasteiger partial charge in [-0.1, -0.05) is 23.7 Å². The highest BCUT2D eigenvalue weighted by Crippen LogP contribution is 2.25. The smallest absolute Gasteiger partial charge is 0.227 e. The number of nitrogens with zero attached hydrogens (tertiary/aromatic N) is 2. The molecule has 118 valence electrons. The van der Waals surface area contributed by atoms with Crippen LogP contribution in [-0.4, -0.2) is 4.98 Å². The Kier molecular flexibility index (Phi) is 3.75. The molecule has 0 aliphatic heterocycles. The first-order valence-electron chi connectivity index (χ1n) is 7.47. The fourth-order valence-corrected chi connectivity index (χ4v) is 2.74. The average molecular weight is 340 g/mol. The standard InChI is InChI=1S/C19H13ClFN2O/c20-15-4-5-18-17(11-15)22-19(24-18)14-6-8-23(9-7-14)12-13-2-1-3-16(21)10-13/h1-11H,12H2/q+1. The molecule has 4 aromatic rings. The summed E-state index contributed by atoms with van der Waals surface area (Å²) < 4.78 is 21.0. The first kappa shape index (κ1) is 14.8. The number of benzene rings is 2. The molecule has 0 bridgehead atoms. The van der Waals surface area contributed by atoms with Crippen LogP contribution in [0.1, 0.15) is 5.56 Å². The fourth-order valence-electron chi connectivity index (χ4n) is 2.58. The van der Waals surface area contributed by atoms with Gasteiger partial charge in [-0.3, -0.25) is 0 Å². The van der Waals surface area contributed by atoms with E-state index in [9.17, 15) is 4.39 Å². The van der Waals surface area contributed by atoms with Crippen LogP contribution in [0.2, 0.25) is 5.02 Å². The van der Waals surface area contributed by atoms with Crippen molar-refractivity contribution in [2.24, 2.45) is 0 Å². The Hall–Kier alpha value is -2.72. The van der Waals surface area contributed by atoms with E-state index in [4.69, 9.17) is 16.0 Å². The summed E-state index contributed by atoms with van der Waals surface area (Å²) in [6.45, 7) is 0.598. The number of hydrogen-bond acceptors (Lipinski definition) is 2. The Morgan fingerprint density at radius 2 is 1.88 bits per heavy atom. The van der Waals surface area contributed by atoms with Gasteiger partial charge in [0.25, 0.3) is 0 Å². The second-order valence-electron chi connectivity index (χ2n) is 5.52. The van der Waals surface area contributed by atoms with Gasteiger partial charge in [0.05, 0.1) is 0 Å². The molecule has 0 aliphatic rings. The number of pyridine rings is 1.